The number of hydrogen-bond acceptors (Lipinski definition) is 2. The van der Waals surface area contributed by atoms with Gasteiger partial charge in [0.2, 0.25) is 0 Å². The molecule has 17 heavy (non-hydrogen) atoms. The summed E-state index contributed by atoms with van der Waals surface area (Å²) < 4.78 is 0. The second-order valence-corrected chi connectivity index (χ2v) is 4.86. The second kappa shape index (κ2) is 8.26. The summed E-state index contributed by atoms with van der Waals surface area (Å²) >= 11 is 0. The zero-order chi connectivity index (χ0) is 12.5. The van der Waals surface area contributed by atoms with E-state index < -0.39 is 0 Å². The van der Waals surface area contributed by atoms with E-state index in [2.05, 4.69) is 49.1 Å². The molecule has 0 radical (unpaired) electrons. The van der Waals surface area contributed by atoms with E-state index in [4.69, 9.17) is 5.73 Å². The molecule has 96 valence electrons. The van der Waals surface area contributed by atoms with Crippen molar-refractivity contribution in [1.82, 2.24) is 4.90 Å². The van der Waals surface area contributed by atoms with Gasteiger partial charge in [-0.15, -0.1) is 0 Å². The first-order valence-corrected chi connectivity index (χ1v) is 6.72. The zero-order valence-electron chi connectivity index (χ0n) is 11.2. The largest absolute Gasteiger partial charge is 0.329 e. The number of aryl methyl sites for hydroxylation is 1. The molecule has 0 fully saturated rings. The van der Waals surface area contributed by atoms with Crippen LogP contribution in [0.5, 0.6) is 0 Å². The number of rotatable bonds is 8. The molecule has 0 unspecified atom stereocenters. The minimum atomic E-state index is 0.607. The van der Waals surface area contributed by atoms with Crippen molar-refractivity contribution in [2.24, 2.45) is 5.73 Å². The summed E-state index contributed by atoms with van der Waals surface area (Å²) in [5.41, 5.74) is 7.07. The highest BCUT2D eigenvalue weighted by Gasteiger charge is 2.07. The molecule has 2 N–H and O–H groups in total. The lowest BCUT2D eigenvalue weighted by molar-refractivity contribution is 0.223. The van der Waals surface area contributed by atoms with Crippen LogP contribution in [0, 0.1) is 0 Å². The van der Waals surface area contributed by atoms with Gasteiger partial charge < -0.3 is 5.73 Å². The Hall–Kier alpha value is -0.860. The monoisotopic (exact) mass is 234 g/mol. The quantitative estimate of drug-likeness (QED) is 0.701. The molecular weight excluding hydrogens is 208 g/mol. The molecule has 0 heterocycles. The molecule has 0 spiro atoms. The maximum atomic E-state index is 5.62. The van der Waals surface area contributed by atoms with Crippen molar-refractivity contribution >= 4 is 0 Å². The maximum absolute atomic E-state index is 5.62. The van der Waals surface area contributed by atoms with Gasteiger partial charge in [-0.2, -0.15) is 0 Å². The molecule has 0 bridgehead atoms. The van der Waals surface area contributed by atoms with E-state index in [9.17, 15) is 0 Å². The average Bonchev–Trinajstić information content (AvgIpc) is 2.34. The van der Waals surface area contributed by atoms with Crippen LogP contribution in [0.2, 0.25) is 0 Å². The third-order valence-corrected chi connectivity index (χ3v) is 3.15. The summed E-state index contributed by atoms with van der Waals surface area (Å²) in [6, 6.07) is 11.3. The highest BCUT2D eigenvalue weighted by atomic mass is 15.1. The highest BCUT2D eigenvalue weighted by Crippen LogP contribution is 2.06. The number of hydrogen-bond donors (Lipinski definition) is 1. The molecule has 2 nitrogen and oxygen atoms in total. The molecule has 0 aliphatic heterocycles. The van der Waals surface area contributed by atoms with Crippen molar-refractivity contribution in [2.75, 3.05) is 19.6 Å². The van der Waals surface area contributed by atoms with Gasteiger partial charge in [0.1, 0.15) is 0 Å². The van der Waals surface area contributed by atoms with Crippen molar-refractivity contribution in [3.05, 3.63) is 35.9 Å². The van der Waals surface area contributed by atoms with Crippen LogP contribution >= 0.6 is 0 Å². The van der Waals surface area contributed by atoms with Gasteiger partial charge in [-0.25, -0.2) is 0 Å². The lowest BCUT2D eigenvalue weighted by atomic mass is 10.1. The Balaban J connectivity index is 2.18. The van der Waals surface area contributed by atoms with Gasteiger partial charge in [0.25, 0.3) is 0 Å². The van der Waals surface area contributed by atoms with Crippen molar-refractivity contribution in [2.45, 2.75) is 39.2 Å². The summed E-state index contributed by atoms with van der Waals surface area (Å²) in [7, 11) is 0. The SMILES string of the molecule is CC(C)N(CCN)CCCCc1ccccc1. The fraction of sp³-hybridized carbons (Fsp3) is 0.600. The Bertz CT molecular complexity index is 282. The molecule has 0 amide bonds. The summed E-state index contributed by atoms with van der Waals surface area (Å²) in [6.45, 7) is 7.43. The Morgan fingerprint density at radius 2 is 1.76 bits per heavy atom. The van der Waals surface area contributed by atoms with Crippen LogP contribution in [0.3, 0.4) is 0 Å². The molecule has 0 aliphatic rings. The first kappa shape index (κ1) is 14.2. The molecular formula is C15H26N2. The molecule has 1 rings (SSSR count). The van der Waals surface area contributed by atoms with E-state index in [1.54, 1.807) is 0 Å². The molecule has 0 aromatic heterocycles. The molecule has 0 saturated carbocycles. The van der Waals surface area contributed by atoms with Gasteiger partial charge in [0, 0.05) is 19.1 Å². The summed E-state index contributed by atoms with van der Waals surface area (Å²) in [5, 5.41) is 0. The highest BCUT2D eigenvalue weighted by molar-refractivity contribution is 5.14. The third kappa shape index (κ3) is 5.85. The van der Waals surface area contributed by atoms with Crippen LogP contribution in [-0.4, -0.2) is 30.6 Å². The molecule has 2 heteroatoms. The minimum Gasteiger partial charge on any atom is -0.329 e. The van der Waals surface area contributed by atoms with Crippen molar-refractivity contribution in [1.29, 1.82) is 0 Å². The predicted molar refractivity (Wildman–Crippen MR) is 75.1 cm³/mol. The summed E-state index contributed by atoms with van der Waals surface area (Å²) in [5.74, 6) is 0. The van der Waals surface area contributed by atoms with E-state index in [-0.39, 0.29) is 0 Å². The van der Waals surface area contributed by atoms with Gasteiger partial charge in [0.05, 0.1) is 0 Å². The third-order valence-electron chi connectivity index (χ3n) is 3.15. The predicted octanol–water partition coefficient (Wildman–Crippen LogP) is 2.68. The summed E-state index contributed by atoms with van der Waals surface area (Å²) in [4.78, 5) is 2.46. The van der Waals surface area contributed by atoms with Crippen molar-refractivity contribution in [3.63, 3.8) is 0 Å². The van der Waals surface area contributed by atoms with Gasteiger partial charge in [-0.3, -0.25) is 4.90 Å². The van der Waals surface area contributed by atoms with Gasteiger partial charge in [-0.1, -0.05) is 30.3 Å². The molecule has 1 aromatic rings. The fourth-order valence-corrected chi connectivity index (χ4v) is 2.08. The maximum Gasteiger partial charge on any atom is 0.0107 e. The Morgan fingerprint density at radius 3 is 2.35 bits per heavy atom. The van der Waals surface area contributed by atoms with Crippen molar-refractivity contribution in [3.8, 4) is 0 Å². The molecule has 0 aliphatic carbocycles. The normalized spacial score (nSPS) is 11.4. The first-order valence-electron chi connectivity index (χ1n) is 6.72. The summed E-state index contributed by atoms with van der Waals surface area (Å²) in [6.07, 6.45) is 3.71. The fourth-order valence-electron chi connectivity index (χ4n) is 2.08. The number of nitrogens with two attached hydrogens (primary N) is 1. The van der Waals surface area contributed by atoms with Crippen LogP contribution in [-0.2, 0) is 6.42 Å². The van der Waals surface area contributed by atoms with Crippen molar-refractivity contribution < 1.29 is 0 Å². The number of unbranched alkanes of at least 4 members (excludes halogenated alkanes) is 1. The standard InChI is InChI=1S/C15H26N2/c1-14(2)17(13-11-16)12-7-6-10-15-8-4-3-5-9-15/h3-5,8-9,14H,6-7,10-13,16H2,1-2H3. The van der Waals surface area contributed by atoms with Gasteiger partial charge >= 0.3 is 0 Å². The van der Waals surface area contributed by atoms with Gasteiger partial charge in [0.15, 0.2) is 0 Å². The van der Waals surface area contributed by atoms with Crippen LogP contribution in [0.4, 0.5) is 0 Å². The first-order chi connectivity index (χ1) is 8.24. The minimum absolute atomic E-state index is 0.607. The average molecular weight is 234 g/mol. The molecule has 0 atom stereocenters. The topological polar surface area (TPSA) is 29.3 Å². The van der Waals surface area contributed by atoms with E-state index in [0.717, 1.165) is 13.1 Å². The van der Waals surface area contributed by atoms with Crippen LogP contribution in [0.25, 0.3) is 0 Å². The van der Waals surface area contributed by atoms with E-state index in [1.807, 2.05) is 0 Å². The molecule has 1 aromatic carbocycles. The Labute approximate surface area is 106 Å². The van der Waals surface area contributed by atoms with Gasteiger partial charge in [-0.05, 0) is 45.2 Å². The smallest absolute Gasteiger partial charge is 0.0107 e. The van der Waals surface area contributed by atoms with E-state index in [0.29, 0.717) is 6.04 Å². The van der Waals surface area contributed by atoms with Crippen LogP contribution in [0.15, 0.2) is 30.3 Å². The lowest BCUT2D eigenvalue weighted by Crippen LogP contribution is -2.36. The second-order valence-electron chi connectivity index (χ2n) is 4.86. The van der Waals surface area contributed by atoms with Crippen LogP contribution in [0.1, 0.15) is 32.3 Å². The van der Waals surface area contributed by atoms with E-state index >= 15 is 0 Å². The molecule has 0 saturated heterocycles. The Kier molecular flexibility index (Phi) is 6.90. The lowest BCUT2D eigenvalue weighted by Gasteiger charge is -2.25. The van der Waals surface area contributed by atoms with E-state index in [1.165, 1.54) is 31.4 Å². The number of benzene rings is 1. The number of nitrogens with zero attached hydrogens (tertiary/aromatic N) is 1. The zero-order valence-corrected chi connectivity index (χ0v) is 11.2. The Morgan fingerprint density at radius 1 is 1.06 bits per heavy atom. The van der Waals surface area contributed by atoms with Crippen LogP contribution < -0.4 is 5.73 Å².